The van der Waals surface area contributed by atoms with Gasteiger partial charge in [-0.05, 0) is 18.6 Å². The Morgan fingerprint density at radius 3 is 2.60 bits per heavy atom. The standard InChI is InChI=1S/C12H19NO2/c1-3-4-5-9-15-11-8-6-7-10(14-2)12(11)13/h6-8H,3-5,9,13H2,1-2H3. The second kappa shape index (κ2) is 6.17. The number of anilines is 1. The van der Waals surface area contributed by atoms with Crippen molar-refractivity contribution in [3.05, 3.63) is 18.2 Å². The summed E-state index contributed by atoms with van der Waals surface area (Å²) >= 11 is 0. The van der Waals surface area contributed by atoms with Crippen molar-refractivity contribution in [2.45, 2.75) is 26.2 Å². The van der Waals surface area contributed by atoms with Gasteiger partial charge in [0, 0.05) is 0 Å². The van der Waals surface area contributed by atoms with E-state index >= 15 is 0 Å². The van der Waals surface area contributed by atoms with E-state index < -0.39 is 0 Å². The Morgan fingerprint density at radius 1 is 1.20 bits per heavy atom. The molecule has 0 aliphatic rings. The molecular formula is C12H19NO2. The highest BCUT2D eigenvalue weighted by Gasteiger charge is 2.05. The highest BCUT2D eigenvalue weighted by atomic mass is 16.5. The van der Waals surface area contributed by atoms with Gasteiger partial charge in [-0.3, -0.25) is 0 Å². The number of unbranched alkanes of at least 4 members (excludes halogenated alkanes) is 2. The molecule has 1 aromatic carbocycles. The topological polar surface area (TPSA) is 44.5 Å². The Hall–Kier alpha value is -1.38. The number of hydrogen-bond donors (Lipinski definition) is 1. The zero-order valence-electron chi connectivity index (χ0n) is 9.45. The van der Waals surface area contributed by atoms with Gasteiger partial charge < -0.3 is 15.2 Å². The third-order valence-electron chi connectivity index (χ3n) is 2.25. The van der Waals surface area contributed by atoms with Gasteiger partial charge in [0.1, 0.15) is 17.2 Å². The fourth-order valence-electron chi connectivity index (χ4n) is 1.36. The van der Waals surface area contributed by atoms with Crippen LogP contribution in [0.4, 0.5) is 5.69 Å². The molecule has 0 unspecified atom stereocenters. The summed E-state index contributed by atoms with van der Waals surface area (Å²) in [7, 11) is 1.60. The first-order chi connectivity index (χ1) is 7.29. The Balaban J connectivity index is 2.53. The average molecular weight is 209 g/mol. The van der Waals surface area contributed by atoms with E-state index in [0.717, 1.165) is 6.42 Å². The predicted octanol–water partition coefficient (Wildman–Crippen LogP) is 2.85. The van der Waals surface area contributed by atoms with E-state index in [-0.39, 0.29) is 0 Å². The van der Waals surface area contributed by atoms with Crippen LogP contribution >= 0.6 is 0 Å². The minimum atomic E-state index is 0.580. The van der Waals surface area contributed by atoms with Crippen molar-refractivity contribution in [2.24, 2.45) is 0 Å². The monoisotopic (exact) mass is 209 g/mol. The summed E-state index contributed by atoms with van der Waals surface area (Å²) in [6.45, 7) is 2.88. The number of hydrogen-bond acceptors (Lipinski definition) is 3. The maximum atomic E-state index is 5.86. The molecule has 3 heteroatoms. The molecule has 1 aromatic rings. The molecule has 0 fully saturated rings. The van der Waals surface area contributed by atoms with Crippen LogP contribution in [0, 0.1) is 0 Å². The lowest BCUT2D eigenvalue weighted by Gasteiger charge is -2.11. The van der Waals surface area contributed by atoms with Crippen molar-refractivity contribution in [1.29, 1.82) is 0 Å². The maximum absolute atomic E-state index is 5.86. The molecule has 0 atom stereocenters. The Labute approximate surface area is 91.2 Å². The van der Waals surface area contributed by atoms with Gasteiger partial charge in [0.2, 0.25) is 0 Å². The predicted molar refractivity (Wildman–Crippen MR) is 62.4 cm³/mol. The van der Waals surface area contributed by atoms with Crippen LogP contribution in [0.15, 0.2) is 18.2 Å². The largest absolute Gasteiger partial charge is 0.494 e. The maximum Gasteiger partial charge on any atom is 0.146 e. The van der Waals surface area contributed by atoms with E-state index in [0.29, 0.717) is 23.8 Å². The number of ether oxygens (including phenoxy) is 2. The molecule has 84 valence electrons. The molecule has 2 N–H and O–H groups in total. The van der Waals surface area contributed by atoms with Gasteiger partial charge >= 0.3 is 0 Å². The van der Waals surface area contributed by atoms with Gasteiger partial charge in [-0.1, -0.05) is 25.8 Å². The highest BCUT2D eigenvalue weighted by Crippen LogP contribution is 2.30. The average Bonchev–Trinajstić information content (AvgIpc) is 2.26. The summed E-state index contributed by atoms with van der Waals surface area (Å²) in [5, 5.41) is 0. The molecule has 3 nitrogen and oxygen atoms in total. The number of nitrogen functional groups attached to an aromatic ring is 1. The molecule has 0 aromatic heterocycles. The fourth-order valence-corrected chi connectivity index (χ4v) is 1.36. The van der Waals surface area contributed by atoms with Crippen molar-refractivity contribution in [3.8, 4) is 11.5 Å². The molecule has 0 bridgehead atoms. The second-order valence-corrected chi connectivity index (χ2v) is 3.43. The fraction of sp³-hybridized carbons (Fsp3) is 0.500. The number of methoxy groups -OCH3 is 1. The van der Waals surface area contributed by atoms with Crippen LogP contribution in [0.3, 0.4) is 0 Å². The molecule has 0 spiro atoms. The number of para-hydroxylation sites is 1. The van der Waals surface area contributed by atoms with Gasteiger partial charge in [0.25, 0.3) is 0 Å². The van der Waals surface area contributed by atoms with Crippen molar-refractivity contribution < 1.29 is 9.47 Å². The van der Waals surface area contributed by atoms with E-state index in [1.165, 1.54) is 12.8 Å². The van der Waals surface area contributed by atoms with Crippen LogP contribution in [0.5, 0.6) is 11.5 Å². The molecule has 0 saturated carbocycles. The molecule has 0 radical (unpaired) electrons. The summed E-state index contributed by atoms with van der Waals surface area (Å²) in [5.74, 6) is 1.38. The van der Waals surface area contributed by atoms with E-state index in [9.17, 15) is 0 Å². The summed E-state index contributed by atoms with van der Waals surface area (Å²) in [4.78, 5) is 0. The van der Waals surface area contributed by atoms with Crippen LogP contribution in [0.2, 0.25) is 0 Å². The first-order valence-electron chi connectivity index (χ1n) is 5.34. The summed E-state index contributed by atoms with van der Waals surface area (Å²) < 4.78 is 10.7. The minimum Gasteiger partial charge on any atom is -0.494 e. The molecule has 1 rings (SSSR count). The van der Waals surface area contributed by atoms with Crippen molar-refractivity contribution in [2.75, 3.05) is 19.5 Å². The molecule has 0 saturated heterocycles. The van der Waals surface area contributed by atoms with Crippen LogP contribution < -0.4 is 15.2 Å². The van der Waals surface area contributed by atoms with Gasteiger partial charge in [-0.2, -0.15) is 0 Å². The van der Waals surface area contributed by atoms with E-state index in [1.807, 2.05) is 18.2 Å². The Morgan fingerprint density at radius 2 is 1.93 bits per heavy atom. The first kappa shape index (κ1) is 11.7. The van der Waals surface area contributed by atoms with Gasteiger partial charge in [-0.15, -0.1) is 0 Å². The summed E-state index contributed by atoms with van der Waals surface area (Å²) in [5.41, 5.74) is 6.44. The number of rotatable bonds is 6. The van der Waals surface area contributed by atoms with Crippen LogP contribution in [-0.4, -0.2) is 13.7 Å². The number of nitrogens with two attached hydrogens (primary N) is 1. The van der Waals surface area contributed by atoms with Gasteiger partial charge in [-0.25, -0.2) is 0 Å². The Bertz CT molecular complexity index is 300. The van der Waals surface area contributed by atoms with Crippen molar-refractivity contribution >= 4 is 5.69 Å². The smallest absolute Gasteiger partial charge is 0.146 e. The molecule has 0 aliphatic carbocycles. The first-order valence-corrected chi connectivity index (χ1v) is 5.34. The third-order valence-corrected chi connectivity index (χ3v) is 2.25. The lowest BCUT2D eigenvalue weighted by molar-refractivity contribution is 0.306. The molecule has 0 aliphatic heterocycles. The van der Waals surface area contributed by atoms with Crippen LogP contribution in [0.1, 0.15) is 26.2 Å². The van der Waals surface area contributed by atoms with Crippen molar-refractivity contribution in [3.63, 3.8) is 0 Å². The highest BCUT2D eigenvalue weighted by molar-refractivity contribution is 5.62. The second-order valence-electron chi connectivity index (χ2n) is 3.43. The quantitative estimate of drug-likeness (QED) is 0.578. The van der Waals surface area contributed by atoms with Gasteiger partial charge in [0.15, 0.2) is 0 Å². The molecule has 15 heavy (non-hydrogen) atoms. The molecular weight excluding hydrogens is 190 g/mol. The van der Waals surface area contributed by atoms with E-state index in [4.69, 9.17) is 15.2 Å². The van der Waals surface area contributed by atoms with E-state index in [1.54, 1.807) is 7.11 Å². The SMILES string of the molecule is CCCCCOc1cccc(OC)c1N. The summed E-state index contributed by atoms with van der Waals surface area (Å²) in [6.07, 6.45) is 3.44. The molecule has 0 heterocycles. The third kappa shape index (κ3) is 3.35. The van der Waals surface area contributed by atoms with Crippen LogP contribution in [0.25, 0.3) is 0 Å². The zero-order chi connectivity index (χ0) is 11.1. The van der Waals surface area contributed by atoms with Gasteiger partial charge in [0.05, 0.1) is 13.7 Å². The van der Waals surface area contributed by atoms with E-state index in [2.05, 4.69) is 6.92 Å². The number of benzene rings is 1. The minimum absolute atomic E-state index is 0.580. The zero-order valence-corrected chi connectivity index (χ0v) is 9.45. The Kier molecular flexibility index (Phi) is 4.81. The molecule has 0 amide bonds. The van der Waals surface area contributed by atoms with Crippen molar-refractivity contribution in [1.82, 2.24) is 0 Å². The normalized spacial score (nSPS) is 10.0. The van der Waals surface area contributed by atoms with Crippen LogP contribution in [-0.2, 0) is 0 Å². The summed E-state index contributed by atoms with van der Waals surface area (Å²) in [6, 6.07) is 5.57. The lowest BCUT2D eigenvalue weighted by atomic mass is 10.2. The lowest BCUT2D eigenvalue weighted by Crippen LogP contribution is -2.01.